The molecule has 0 spiro atoms. The molecule has 0 aliphatic heterocycles. The van der Waals surface area contributed by atoms with Crippen molar-refractivity contribution in [2.75, 3.05) is 6.54 Å². The number of carboxylic acid groups (broad SMARTS) is 2. The van der Waals surface area contributed by atoms with Crippen LogP contribution in [0.25, 0.3) is 0 Å². The van der Waals surface area contributed by atoms with Gasteiger partial charge in [-0.3, -0.25) is 29.3 Å². The fraction of sp³-hybridized carbons (Fsp3) is 0.419. The van der Waals surface area contributed by atoms with E-state index >= 15 is 0 Å². The van der Waals surface area contributed by atoms with Crippen LogP contribution < -0.4 is 27.0 Å². The van der Waals surface area contributed by atoms with Gasteiger partial charge in [0.25, 0.3) is 0 Å². The highest BCUT2D eigenvalue weighted by molar-refractivity contribution is 5.95. The van der Waals surface area contributed by atoms with Gasteiger partial charge in [-0.05, 0) is 41.2 Å². The summed E-state index contributed by atoms with van der Waals surface area (Å²) in [5, 5.41) is 39.2. The molecule has 14 heteroatoms. The second-order valence-electron chi connectivity index (χ2n) is 11.6. The van der Waals surface area contributed by atoms with Gasteiger partial charge in [-0.2, -0.15) is 0 Å². The summed E-state index contributed by atoms with van der Waals surface area (Å²) in [6.07, 6.45) is -0.540. The Kier molecular flexibility index (Phi) is 11.6. The minimum atomic E-state index is -1.57. The van der Waals surface area contributed by atoms with Crippen molar-refractivity contribution < 1.29 is 44.1 Å². The van der Waals surface area contributed by atoms with Gasteiger partial charge in [0, 0.05) is 19.3 Å². The van der Waals surface area contributed by atoms with Crippen molar-refractivity contribution in [2.24, 2.45) is 11.7 Å². The molecule has 3 rings (SSSR count). The first kappa shape index (κ1) is 34.5. The van der Waals surface area contributed by atoms with Crippen molar-refractivity contribution in [3.05, 3.63) is 65.2 Å². The van der Waals surface area contributed by atoms with E-state index in [2.05, 4.69) is 21.3 Å². The summed E-state index contributed by atoms with van der Waals surface area (Å²) in [6, 6.07) is 8.88. The molecule has 242 valence electrons. The highest BCUT2D eigenvalue weighted by atomic mass is 16.4. The number of carbonyl (C=O) groups is 6. The lowest BCUT2D eigenvalue weighted by Gasteiger charge is -2.33. The van der Waals surface area contributed by atoms with E-state index in [9.17, 15) is 44.1 Å². The van der Waals surface area contributed by atoms with Crippen molar-refractivity contribution >= 4 is 35.6 Å². The molecule has 45 heavy (non-hydrogen) atoms. The summed E-state index contributed by atoms with van der Waals surface area (Å²) in [7, 11) is 0. The average molecular weight is 626 g/mol. The van der Waals surface area contributed by atoms with Crippen LogP contribution in [0.3, 0.4) is 0 Å². The Morgan fingerprint density at radius 1 is 0.867 bits per heavy atom. The van der Waals surface area contributed by atoms with Crippen LogP contribution in [-0.2, 0) is 48.0 Å². The van der Waals surface area contributed by atoms with E-state index in [1.54, 1.807) is 24.3 Å². The lowest BCUT2D eigenvalue weighted by atomic mass is 9.92. The molecule has 3 atom stereocenters. The van der Waals surface area contributed by atoms with E-state index in [0.717, 1.165) is 11.1 Å². The molecule has 1 aliphatic rings. The van der Waals surface area contributed by atoms with Crippen LogP contribution in [0.1, 0.15) is 43.4 Å². The first-order valence-electron chi connectivity index (χ1n) is 14.4. The molecule has 2 aromatic rings. The van der Waals surface area contributed by atoms with Crippen LogP contribution in [0.5, 0.6) is 5.75 Å². The van der Waals surface area contributed by atoms with Crippen molar-refractivity contribution in [3.63, 3.8) is 0 Å². The number of hydrogen-bond acceptors (Lipinski definition) is 8. The summed E-state index contributed by atoms with van der Waals surface area (Å²) in [5.74, 6) is -5.76. The topological polar surface area (TPSA) is 237 Å². The van der Waals surface area contributed by atoms with Gasteiger partial charge in [-0.1, -0.05) is 50.2 Å². The number of nitrogens with one attached hydrogen (secondary N) is 4. The molecule has 9 N–H and O–H groups in total. The maximum absolute atomic E-state index is 13.7. The number of phenolic OH excluding ortho intramolecular Hbond substituents is 1. The van der Waals surface area contributed by atoms with Crippen molar-refractivity contribution in [1.82, 2.24) is 21.3 Å². The van der Waals surface area contributed by atoms with Crippen LogP contribution in [0.15, 0.2) is 48.5 Å². The van der Waals surface area contributed by atoms with E-state index in [1.807, 2.05) is 13.8 Å². The zero-order valence-corrected chi connectivity index (χ0v) is 25.0. The fourth-order valence-electron chi connectivity index (χ4n) is 5.29. The van der Waals surface area contributed by atoms with E-state index in [4.69, 9.17) is 5.73 Å². The molecule has 4 amide bonds. The number of aromatic hydroxyl groups is 1. The van der Waals surface area contributed by atoms with Crippen molar-refractivity contribution in [2.45, 2.75) is 69.6 Å². The molecule has 0 fully saturated rings. The second-order valence-corrected chi connectivity index (χ2v) is 11.6. The maximum Gasteiger partial charge on any atom is 0.326 e. The van der Waals surface area contributed by atoms with Gasteiger partial charge in [0.05, 0.1) is 19.0 Å². The standard InChI is InChI=1S/C31H39N5O9/c1-17(2)11-22(27(32)41)34-25(38)16-33-30(45)31(14-19-5-3-4-6-20(19)15-31)36-23(13-26(39)40)28(42)35-24(29(43)44)12-18-7-9-21(37)10-8-18/h3-10,17,22-24,36-37H,11-16H2,1-2H3,(H2,32,41)(H,33,45)(H,34,38)(H,35,42)(H,39,40)(H,43,44)/t22-,23-,24-/m0/s1. The van der Waals surface area contributed by atoms with Crippen LogP contribution >= 0.6 is 0 Å². The molecule has 0 radical (unpaired) electrons. The molecular formula is C31H39N5O9. The Hall–Kier alpha value is -4.98. The Balaban J connectivity index is 1.82. The Labute approximate surface area is 259 Å². The largest absolute Gasteiger partial charge is 0.508 e. The molecule has 0 saturated carbocycles. The van der Waals surface area contributed by atoms with Gasteiger partial charge in [0.1, 0.15) is 23.4 Å². The third-order valence-corrected chi connectivity index (χ3v) is 7.47. The first-order valence-corrected chi connectivity index (χ1v) is 14.4. The SMILES string of the molecule is CC(C)C[C@H](NC(=O)CNC(=O)C1(N[C@@H](CC(=O)O)C(=O)N[C@@H](Cc2ccc(O)cc2)C(=O)O)Cc2ccccc2C1)C(N)=O. The fourth-order valence-corrected chi connectivity index (χ4v) is 5.29. The zero-order valence-electron chi connectivity index (χ0n) is 25.0. The van der Waals surface area contributed by atoms with Gasteiger partial charge in [-0.25, -0.2) is 4.79 Å². The molecule has 0 heterocycles. The lowest BCUT2D eigenvalue weighted by Crippen LogP contribution is -2.65. The lowest BCUT2D eigenvalue weighted by molar-refractivity contribution is -0.144. The first-order chi connectivity index (χ1) is 21.2. The van der Waals surface area contributed by atoms with Crippen LogP contribution in [0.4, 0.5) is 0 Å². The number of hydrogen-bond donors (Lipinski definition) is 8. The number of amides is 4. The van der Waals surface area contributed by atoms with Gasteiger partial charge in [0.2, 0.25) is 23.6 Å². The zero-order chi connectivity index (χ0) is 33.3. The number of carbonyl (C=O) groups excluding carboxylic acids is 4. The average Bonchev–Trinajstić information content (AvgIpc) is 3.34. The minimum Gasteiger partial charge on any atom is -0.508 e. The van der Waals surface area contributed by atoms with Gasteiger partial charge in [-0.15, -0.1) is 0 Å². The van der Waals surface area contributed by atoms with Crippen molar-refractivity contribution in [3.8, 4) is 5.75 Å². The number of aliphatic carboxylic acids is 2. The number of fused-ring (bicyclic) bond motifs is 1. The number of rotatable bonds is 16. The quantitative estimate of drug-likeness (QED) is 0.120. The van der Waals surface area contributed by atoms with E-state index in [0.29, 0.717) is 12.0 Å². The highest BCUT2D eigenvalue weighted by Gasteiger charge is 2.46. The van der Waals surface area contributed by atoms with E-state index < -0.39 is 72.2 Å². The number of phenols is 1. The summed E-state index contributed by atoms with van der Waals surface area (Å²) in [4.78, 5) is 75.4. The number of carboxylic acids is 2. The maximum atomic E-state index is 13.7. The number of benzene rings is 2. The van der Waals surface area contributed by atoms with Gasteiger partial charge < -0.3 is 37.0 Å². The van der Waals surface area contributed by atoms with E-state index in [1.165, 1.54) is 24.3 Å². The molecular weight excluding hydrogens is 586 g/mol. The number of primary amides is 1. The van der Waals surface area contributed by atoms with E-state index in [-0.39, 0.29) is 30.9 Å². The third-order valence-electron chi connectivity index (χ3n) is 7.47. The Morgan fingerprint density at radius 2 is 1.47 bits per heavy atom. The normalized spacial score (nSPS) is 15.3. The molecule has 0 aromatic heterocycles. The molecule has 2 aromatic carbocycles. The summed E-state index contributed by atoms with van der Waals surface area (Å²) in [5.41, 5.74) is 5.85. The molecule has 14 nitrogen and oxygen atoms in total. The summed E-state index contributed by atoms with van der Waals surface area (Å²) < 4.78 is 0. The smallest absolute Gasteiger partial charge is 0.326 e. The highest BCUT2D eigenvalue weighted by Crippen LogP contribution is 2.31. The van der Waals surface area contributed by atoms with Crippen molar-refractivity contribution in [1.29, 1.82) is 0 Å². The molecule has 0 unspecified atom stereocenters. The molecule has 1 aliphatic carbocycles. The predicted octanol–water partition coefficient (Wildman–Crippen LogP) is -0.393. The Bertz CT molecular complexity index is 1400. The minimum absolute atomic E-state index is 0.0257. The number of nitrogens with two attached hydrogens (primary N) is 1. The molecule has 0 bridgehead atoms. The molecule has 0 saturated heterocycles. The summed E-state index contributed by atoms with van der Waals surface area (Å²) >= 11 is 0. The van der Waals surface area contributed by atoms with Crippen LogP contribution in [-0.4, -0.2) is 81.1 Å². The third kappa shape index (κ3) is 9.76. The summed E-state index contributed by atoms with van der Waals surface area (Å²) in [6.45, 7) is 3.18. The Morgan fingerprint density at radius 3 is 1.98 bits per heavy atom. The van der Waals surface area contributed by atoms with Gasteiger partial charge in [0.15, 0.2) is 0 Å². The monoisotopic (exact) mass is 625 g/mol. The van der Waals surface area contributed by atoms with Crippen LogP contribution in [0, 0.1) is 5.92 Å². The second kappa shape index (κ2) is 15.1. The van der Waals surface area contributed by atoms with Gasteiger partial charge >= 0.3 is 11.9 Å². The van der Waals surface area contributed by atoms with Crippen LogP contribution in [0.2, 0.25) is 0 Å². The predicted molar refractivity (Wildman–Crippen MR) is 161 cm³/mol.